The lowest BCUT2D eigenvalue weighted by atomic mass is 10.1. The van der Waals surface area contributed by atoms with E-state index in [1.807, 2.05) is 12.1 Å². The van der Waals surface area contributed by atoms with Crippen LogP contribution in [0.5, 0.6) is 0 Å². The number of amides is 3. The molecule has 5 nitrogen and oxygen atoms in total. The van der Waals surface area contributed by atoms with Crippen molar-refractivity contribution in [3.8, 4) is 0 Å². The number of carbonyl (C=O) groups excluding carboxylic acids is 2. The van der Waals surface area contributed by atoms with Crippen LogP contribution in [0.25, 0.3) is 0 Å². The van der Waals surface area contributed by atoms with Crippen molar-refractivity contribution in [2.24, 2.45) is 0 Å². The minimum Gasteiger partial charge on any atom is -0.352 e. The van der Waals surface area contributed by atoms with Crippen molar-refractivity contribution in [3.63, 3.8) is 0 Å². The van der Waals surface area contributed by atoms with Gasteiger partial charge < -0.3 is 15.5 Å². The summed E-state index contributed by atoms with van der Waals surface area (Å²) >= 11 is 0. The molecule has 1 fully saturated rings. The number of aryl methyl sites for hydroxylation is 1. The molecule has 1 atom stereocenters. The molecule has 0 bridgehead atoms. The zero-order chi connectivity index (χ0) is 16.7. The Balaban J connectivity index is 1.80. The highest BCUT2D eigenvalue weighted by Crippen LogP contribution is 2.15. The van der Waals surface area contributed by atoms with Crippen molar-refractivity contribution in [3.05, 3.63) is 29.8 Å². The molecule has 0 radical (unpaired) electrons. The fourth-order valence-electron chi connectivity index (χ4n) is 2.89. The number of hydrogen-bond donors (Lipinski definition) is 2. The van der Waals surface area contributed by atoms with E-state index in [-0.39, 0.29) is 18.0 Å². The van der Waals surface area contributed by atoms with Crippen molar-refractivity contribution >= 4 is 17.6 Å². The van der Waals surface area contributed by atoms with Gasteiger partial charge in [-0.25, -0.2) is 4.79 Å². The summed E-state index contributed by atoms with van der Waals surface area (Å²) < 4.78 is 0. The van der Waals surface area contributed by atoms with Crippen molar-refractivity contribution < 1.29 is 9.59 Å². The minimum atomic E-state index is -0.100. The second-order valence-electron chi connectivity index (χ2n) is 6.22. The second kappa shape index (κ2) is 8.56. The first-order valence-electron chi connectivity index (χ1n) is 8.50. The Hall–Kier alpha value is -2.04. The lowest BCUT2D eigenvalue weighted by molar-refractivity contribution is -0.119. The van der Waals surface area contributed by atoms with E-state index in [1.165, 1.54) is 31.7 Å². The zero-order valence-corrected chi connectivity index (χ0v) is 14.1. The standard InChI is InChI=1S/C18H27N3O2/c1-3-4-5-6-15-7-9-16(10-8-15)20-18(23)21-12-11-17(13-21)19-14(2)22/h7-10,17H,3-6,11-13H2,1-2H3,(H,19,22)(H,20,23)/t17-/m1/s1. The van der Waals surface area contributed by atoms with Gasteiger partial charge in [-0.05, 0) is 37.0 Å². The molecule has 0 saturated carbocycles. The number of hydrogen-bond acceptors (Lipinski definition) is 2. The molecule has 1 saturated heterocycles. The highest BCUT2D eigenvalue weighted by atomic mass is 16.2. The largest absolute Gasteiger partial charge is 0.352 e. The van der Waals surface area contributed by atoms with Crippen LogP contribution in [0.15, 0.2) is 24.3 Å². The zero-order valence-electron chi connectivity index (χ0n) is 14.1. The predicted molar refractivity (Wildman–Crippen MR) is 92.5 cm³/mol. The Morgan fingerprint density at radius 2 is 1.96 bits per heavy atom. The molecular formula is C18H27N3O2. The van der Waals surface area contributed by atoms with Gasteiger partial charge in [-0.2, -0.15) is 0 Å². The number of carbonyl (C=O) groups is 2. The topological polar surface area (TPSA) is 61.4 Å². The van der Waals surface area contributed by atoms with Crippen LogP contribution in [0.2, 0.25) is 0 Å². The van der Waals surface area contributed by atoms with E-state index < -0.39 is 0 Å². The molecule has 2 rings (SSSR count). The van der Waals surface area contributed by atoms with Crippen LogP contribution in [-0.2, 0) is 11.2 Å². The summed E-state index contributed by atoms with van der Waals surface area (Å²) in [6.45, 7) is 4.95. The smallest absolute Gasteiger partial charge is 0.321 e. The van der Waals surface area contributed by atoms with E-state index in [2.05, 4.69) is 29.7 Å². The summed E-state index contributed by atoms with van der Waals surface area (Å²) in [5, 5.41) is 5.79. The van der Waals surface area contributed by atoms with Crippen LogP contribution in [0, 0.1) is 0 Å². The van der Waals surface area contributed by atoms with E-state index in [1.54, 1.807) is 4.90 Å². The Labute approximate surface area is 138 Å². The fraction of sp³-hybridized carbons (Fsp3) is 0.556. The van der Waals surface area contributed by atoms with E-state index >= 15 is 0 Å². The molecule has 1 heterocycles. The molecule has 3 amide bonds. The average molecular weight is 317 g/mol. The molecule has 0 aromatic heterocycles. The number of nitrogens with zero attached hydrogens (tertiary/aromatic N) is 1. The van der Waals surface area contributed by atoms with Crippen LogP contribution in [0.1, 0.15) is 45.1 Å². The molecular weight excluding hydrogens is 290 g/mol. The number of unbranched alkanes of at least 4 members (excludes halogenated alkanes) is 2. The minimum absolute atomic E-state index is 0.0454. The number of nitrogens with one attached hydrogen (secondary N) is 2. The summed E-state index contributed by atoms with van der Waals surface area (Å²) in [6, 6.07) is 8.04. The third-order valence-corrected chi connectivity index (χ3v) is 4.16. The number of rotatable bonds is 6. The molecule has 1 aliphatic rings. The number of benzene rings is 1. The average Bonchev–Trinajstić information content (AvgIpc) is 2.97. The van der Waals surface area contributed by atoms with Gasteiger partial charge in [-0.1, -0.05) is 31.9 Å². The van der Waals surface area contributed by atoms with Gasteiger partial charge in [0, 0.05) is 31.7 Å². The van der Waals surface area contributed by atoms with Crippen LogP contribution >= 0.6 is 0 Å². The Bertz CT molecular complexity index is 528. The first-order valence-corrected chi connectivity index (χ1v) is 8.50. The molecule has 1 aromatic rings. The number of urea groups is 1. The van der Waals surface area contributed by atoms with E-state index in [0.29, 0.717) is 13.1 Å². The second-order valence-corrected chi connectivity index (χ2v) is 6.22. The number of likely N-dealkylation sites (tertiary alicyclic amines) is 1. The molecule has 126 valence electrons. The van der Waals surface area contributed by atoms with Gasteiger partial charge in [0.25, 0.3) is 0 Å². The molecule has 0 unspecified atom stereocenters. The quantitative estimate of drug-likeness (QED) is 0.792. The highest BCUT2D eigenvalue weighted by molar-refractivity contribution is 5.89. The molecule has 0 spiro atoms. The third-order valence-electron chi connectivity index (χ3n) is 4.16. The van der Waals surface area contributed by atoms with Gasteiger partial charge >= 0.3 is 6.03 Å². The maximum Gasteiger partial charge on any atom is 0.321 e. The highest BCUT2D eigenvalue weighted by Gasteiger charge is 2.26. The lowest BCUT2D eigenvalue weighted by Gasteiger charge is -2.17. The van der Waals surface area contributed by atoms with Gasteiger partial charge in [0.05, 0.1) is 0 Å². The molecule has 0 aliphatic carbocycles. The molecule has 5 heteroatoms. The first kappa shape index (κ1) is 17.3. The Morgan fingerprint density at radius 1 is 1.22 bits per heavy atom. The van der Waals surface area contributed by atoms with Crippen molar-refractivity contribution in [1.29, 1.82) is 0 Å². The Morgan fingerprint density at radius 3 is 2.61 bits per heavy atom. The van der Waals surface area contributed by atoms with Crippen molar-refractivity contribution in [2.45, 2.75) is 52.0 Å². The molecule has 23 heavy (non-hydrogen) atoms. The van der Waals surface area contributed by atoms with E-state index in [9.17, 15) is 9.59 Å². The van der Waals surface area contributed by atoms with Gasteiger partial charge in [0.1, 0.15) is 0 Å². The van der Waals surface area contributed by atoms with Gasteiger partial charge in [0.15, 0.2) is 0 Å². The van der Waals surface area contributed by atoms with Crippen LogP contribution in [0.4, 0.5) is 10.5 Å². The SMILES string of the molecule is CCCCCc1ccc(NC(=O)N2CC[C@@H](NC(C)=O)C2)cc1. The van der Waals surface area contributed by atoms with Crippen LogP contribution in [0.3, 0.4) is 0 Å². The Kier molecular flexibility index (Phi) is 6.44. The molecule has 1 aliphatic heterocycles. The fourth-order valence-corrected chi connectivity index (χ4v) is 2.89. The van der Waals surface area contributed by atoms with Gasteiger partial charge in [0.2, 0.25) is 5.91 Å². The van der Waals surface area contributed by atoms with Gasteiger partial charge in [-0.3, -0.25) is 4.79 Å². The summed E-state index contributed by atoms with van der Waals surface area (Å²) in [6.07, 6.45) is 5.59. The van der Waals surface area contributed by atoms with Crippen LogP contribution < -0.4 is 10.6 Å². The van der Waals surface area contributed by atoms with Crippen molar-refractivity contribution in [1.82, 2.24) is 10.2 Å². The maximum atomic E-state index is 12.2. The van der Waals surface area contributed by atoms with Crippen LogP contribution in [-0.4, -0.2) is 36.0 Å². The molecule has 2 N–H and O–H groups in total. The maximum absolute atomic E-state index is 12.2. The summed E-state index contributed by atoms with van der Waals surface area (Å²) in [5.74, 6) is -0.0454. The third kappa shape index (κ3) is 5.58. The molecule has 1 aromatic carbocycles. The van der Waals surface area contributed by atoms with E-state index in [4.69, 9.17) is 0 Å². The first-order chi connectivity index (χ1) is 11.1. The summed E-state index contributed by atoms with van der Waals surface area (Å²) in [5.41, 5.74) is 2.13. The normalized spacial score (nSPS) is 17.1. The predicted octanol–water partition coefficient (Wildman–Crippen LogP) is 3.16. The number of anilines is 1. The van der Waals surface area contributed by atoms with E-state index in [0.717, 1.165) is 18.5 Å². The van der Waals surface area contributed by atoms with Gasteiger partial charge in [-0.15, -0.1) is 0 Å². The van der Waals surface area contributed by atoms with Crippen molar-refractivity contribution in [2.75, 3.05) is 18.4 Å². The summed E-state index contributed by atoms with van der Waals surface area (Å²) in [7, 11) is 0. The summed E-state index contributed by atoms with van der Waals surface area (Å²) in [4.78, 5) is 25.1. The lowest BCUT2D eigenvalue weighted by Crippen LogP contribution is -2.38. The monoisotopic (exact) mass is 317 g/mol.